The number of alkyl halides is 3. The van der Waals surface area contributed by atoms with E-state index in [1.54, 1.807) is 12.1 Å². The summed E-state index contributed by atoms with van der Waals surface area (Å²) >= 11 is 1.25. The molecule has 0 saturated carbocycles. The van der Waals surface area contributed by atoms with Gasteiger partial charge < -0.3 is 8.92 Å². The van der Waals surface area contributed by atoms with Gasteiger partial charge in [-0.3, -0.25) is 9.78 Å². The number of ether oxygens (including phenoxy) is 1. The van der Waals surface area contributed by atoms with Gasteiger partial charge in [0.2, 0.25) is 0 Å². The van der Waals surface area contributed by atoms with E-state index in [1.807, 2.05) is 6.92 Å². The van der Waals surface area contributed by atoms with E-state index in [9.17, 15) is 18.0 Å². The van der Waals surface area contributed by atoms with Crippen LogP contribution in [0.2, 0.25) is 0 Å². The summed E-state index contributed by atoms with van der Waals surface area (Å²) in [5, 5.41) is 0. The number of ketones is 1. The SMILES string of the molecule is CCSOc1cc2c(cc1OC)C(=O)C(Cc1ncccc1C(F)(F)F)C2. The number of nitrogens with zero attached hydrogens (tertiary/aromatic N) is 1. The number of rotatable bonds is 6. The predicted molar refractivity (Wildman–Crippen MR) is 96.2 cm³/mol. The number of methoxy groups -OCH3 is 1. The predicted octanol–water partition coefficient (Wildman–Crippen LogP) is 4.75. The number of hydrogen-bond donors (Lipinski definition) is 0. The molecule has 1 aromatic carbocycles. The number of benzene rings is 1. The van der Waals surface area contributed by atoms with Crippen LogP contribution in [0, 0.1) is 5.92 Å². The van der Waals surface area contributed by atoms with Crippen molar-refractivity contribution in [1.82, 2.24) is 4.98 Å². The maximum atomic E-state index is 13.2. The lowest BCUT2D eigenvalue weighted by Crippen LogP contribution is -2.17. The molecule has 4 nitrogen and oxygen atoms in total. The molecule has 0 spiro atoms. The summed E-state index contributed by atoms with van der Waals surface area (Å²) < 4.78 is 50.4. The minimum absolute atomic E-state index is 0.0641. The second kappa shape index (κ2) is 7.80. The molecule has 27 heavy (non-hydrogen) atoms. The van der Waals surface area contributed by atoms with Crippen molar-refractivity contribution >= 4 is 17.8 Å². The highest BCUT2D eigenvalue weighted by molar-refractivity contribution is 7.94. The lowest BCUT2D eigenvalue weighted by Gasteiger charge is -2.13. The van der Waals surface area contributed by atoms with Gasteiger partial charge in [-0.2, -0.15) is 13.2 Å². The largest absolute Gasteiger partial charge is 0.493 e. The van der Waals surface area contributed by atoms with E-state index in [-0.39, 0.29) is 17.9 Å². The Morgan fingerprint density at radius 1 is 1.30 bits per heavy atom. The van der Waals surface area contributed by atoms with Gasteiger partial charge in [0.25, 0.3) is 0 Å². The first kappa shape index (κ1) is 19.5. The Balaban J connectivity index is 1.87. The van der Waals surface area contributed by atoms with Crippen LogP contribution < -0.4 is 8.92 Å². The van der Waals surface area contributed by atoms with Crippen LogP contribution in [0.4, 0.5) is 13.2 Å². The Kier molecular flexibility index (Phi) is 5.64. The molecule has 8 heteroatoms. The summed E-state index contributed by atoms with van der Waals surface area (Å²) in [6, 6.07) is 5.58. The molecule has 1 heterocycles. The van der Waals surface area contributed by atoms with Gasteiger partial charge in [-0.05, 0) is 36.2 Å². The number of fused-ring (bicyclic) bond motifs is 1. The monoisotopic (exact) mass is 397 g/mol. The van der Waals surface area contributed by atoms with Gasteiger partial charge in [-0.15, -0.1) is 0 Å². The van der Waals surface area contributed by atoms with Crippen LogP contribution in [0.5, 0.6) is 11.5 Å². The molecule has 0 fully saturated rings. The van der Waals surface area contributed by atoms with Gasteiger partial charge in [0.05, 0.1) is 30.4 Å². The normalized spacial score (nSPS) is 16.3. The molecule has 0 N–H and O–H groups in total. The number of carbonyl (C=O) groups is 1. The number of carbonyl (C=O) groups excluding carboxylic acids is 1. The second-order valence-electron chi connectivity index (χ2n) is 6.11. The third-order valence-electron chi connectivity index (χ3n) is 4.39. The van der Waals surface area contributed by atoms with Crippen LogP contribution in [-0.2, 0) is 19.0 Å². The quantitative estimate of drug-likeness (QED) is 0.658. The molecule has 0 amide bonds. The Hall–Kier alpha value is -2.22. The standard InChI is InChI=1S/C19H18F3NO3S/c1-3-27-26-17-9-11-7-12(18(24)13(11)10-16(17)25-2)8-15-14(19(20,21)22)5-4-6-23-15/h4-6,9-10,12H,3,7-8H2,1-2H3. The smallest absolute Gasteiger partial charge is 0.418 e. The number of hydrogen-bond acceptors (Lipinski definition) is 5. The van der Waals surface area contributed by atoms with Crippen molar-refractivity contribution in [3.8, 4) is 11.5 Å². The van der Waals surface area contributed by atoms with Crippen LogP contribution in [0.15, 0.2) is 30.5 Å². The fraction of sp³-hybridized carbons (Fsp3) is 0.368. The lowest BCUT2D eigenvalue weighted by molar-refractivity contribution is -0.138. The van der Waals surface area contributed by atoms with Crippen molar-refractivity contribution < 1.29 is 26.9 Å². The van der Waals surface area contributed by atoms with Gasteiger partial charge in [-0.1, -0.05) is 6.92 Å². The first-order valence-corrected chi connectivity index (χ1v) is 9.31. The Morgan fingerprint density at radius 3 is 2.74 bits per heavy atom. The van der Waals surface area contributed by atoms with E-state index in [1.165, 1.54) is 31.4 Å². The van der Waals surface area contributed by atoms with Gasteiger partial charge in [-0.25, -0.2) is 0 Å². The van der Waals surface area contributed by atoms with Crippen LogP contribution >= 0.6 is 12.0 Å². The summed E-state index contributed by atoms with van der Waals surface area (Å²) in [6.45, 7) is 1.94. The first-order chi connectivity index (χ1) is 12.8. The molecule has 0 bridgehead atoms. The Bertz CT molecular complexity index is 855. The molecule has 1 aliphatic carbocycles. The number of Topliss-reactive ketones (excluding diaryl/α,β-unsaturated/α-hetero) is 1. The van der Waals surface area contributed by atoms with Crippen molar-refractivity contribution in [2.45, 2.75) is 25.9 Å². The van der Waals surface area contributed by atoms with Gasteiger partial charge >= 0.3 is 6.18 Å². The van der Waals surface area contributed by atoms with Crippen LogP contribution in [0.25, 0.3) is 0 Å². The maximum absolute atomic E-state index is 13.2. The summed E-state index contributed by atoms with van der Waals surface area (Å²) in [5.74, 6) is 0.885. The van der Waals surface area contributed by atoms with E-state index in [2.05, 4.69) is 4.98 Å². The average Bonchev–Trinajstić information content (AvgIpc) is 2.93. The van der Waals surface area contributed by atoms with E-state index in [0.29, 0.717) is 23.5 Å². The molecule has 1 aromatic heterocycles. The highest BCUT2D eigenvalue weighted by Gasteiger charge is 2.37. The fourth-order valence-corrected chi connectivity index (χ4v) is 3.56. The highest BCUT2D eigenvalue weighted by atomic mass is 32.2. The third-order valence-corrected chi connectivity index (χ3v) is 4.93. The van der Waals surface area contributed by atoms with Crippen molar-refractivity contribution in [1.29, 1.82) is 0 Å². The second-order valence-corrected chi connectivity index (χ2v) is 7.09. The summed E-state index contributed by atoms with van der Waals surface area (Å²) in [7, 11) is 1.48. The number of aromatic nitrogens is 1. The molecule has 0 saturated heterocycles. The van der Waals surface area contributed by atoms with Gasteiger partial charge in [0.1, 0.15) is 0 Å². The van der Waals surface area contributed by atoms with Crippen molar-refractivity contribution in [2.75, 3.05) is 12.9 Å². The molecule has 1 unspecified atom stereocenters. The zero-order chi connectivity index (χ0) is 19.6. The molecule has 0 radical (unpaired) electrons. The van der Waals surface area contributed by atoms with Crippen molar-refractivity contribution in [2.24, 2.45) is 5.92 Å². The number of halogens is 3. The molecule has 1 atom stereocenters. The highest BCUT2D eigenvalue weighted by Crippen LogP contribution is 2.40. The van der Waals surface area contributed by atoms with Crippen molar-refractivity contribution in [3.05, 3.63) is 52.8 Å². The van der Waals surface area contributed by atoms with Gasteiger partial charge in [0.15, 0.2) is 17.3 Å². The molecule has 0 aliphatic heterocycles. The number of pyridine rings is 1. The summed E-state index contributed by atoms with van der Waals surface area (Å²) in [5.41, 5.74) is 0.313. The molecule has 1 aliphatic rings. The van der Waals surface area contributed by atoms with Crippen LogP contribution in [0.1, 0.15) is 34.1 Å². The minimum atomic E-state index is -4.50. The first-order valence-electron chi connectivity index (χ1n) is 8.40. The van der Waals surface area contributed by atoms with E-state index >= 15 is 0 Å². The molecule has 144 valence electrons. The lowest BCUT2D eigenvalue weighted by atomic mass is 9.96. The third kappa shape index (κ3) is 4.05. The molecular weight excluding hydrogens is 379 g/mol. The van der Waals surface area contributed by atoms with Crippen LogP contribution in [-0.4, -0.2) is 23.6 Å². The zero-order valence-electron chi connectivity index (χ0n) is 14.8. The topological polar surface area (TPSA) is 48.4 Å². The average molecular weight is 397 g/mol. The molecule has 3 rings (SSSR count). The van der Waals surface area contributed by atoms with E-state index in [4.69, 9.17) is 8.92 Å². The Labute approximate surface area is 159 Å². The maximum Gasteiger partial charge on any atom is 0.418 e. The van der Waals surface area contributed by atoms with Crippen LogP contribution in [0.3, 0.4) is 0 Å². The summed E-state index contributed by atoms with van der Waals surface area (Å²) in [4.78, 5) is 16.6. The van der Waals surface area contributed by atoms with E-state index in [0.717, 1.165) is 17.4 Å². The van der Waals surface area contributed by atoms with Crippen molar-refractivity contribution in [3.63, 3.8) is 0 Å². The molecular formula is C19H18F3NO3S. The zero-order valence-corrected chi connectivity index (χ0v) is 15.6. The summed E-state index contributed by atoms with van der Waals surface area (Å²) in [6.07, 6.45) is -2.90. The van der Waals surface area contributed by atoms with E-state index < -0.39 is 17.7 Å². The Morgan fingerprint density at radius 2 is 2.07 bits per heavy atom. The molecule has 2 aromatic rings. The van der Waals surface area contributed by atoms with Gasteiger partial charge in [0, 0.05) is 29.9 Å². The minimum Gasteiger partial charge on any atom is -0.493 e. The fourth-order valence-electron chi connectivity index (χ4n) is 3.18.